The Bertz CT molecular complexity index is 2700. The summed E-state index contributed by atoms with van der Waals surface area (Å²) in [5.74, 6) is 1.83. The van der Waals surface area contributed by atoms with Crippen molar-refractivity contribution in [1.29, 1.82) is 0 Å². The number of hydrogen-bond donors (Lipinski definition) is 0. The third-order valence-corrected chi connectivity index (χ3v) is 11.8. The zero-order valence-corrected chi connectivity index (χ0v) is 27.7. The highest BCUT2D eigenvalue weighted by atomic mass is 16.5. The molecule has 0 fully saturated rings. The van der Waals surface area contributed by atoms with Crippen LogP contribution in [0.4, 0.5) is 0 Å². The van der Waals surface area contributed by atoms with Gasteiger partial charge in [-0.05, 0) is 97.1 Å². The minimum absolute atomic E-state index is 0.415. The Balaban J connectivity index is 1.21. The second-order valence-electron chi connectivity index (χ2n) is 14.1. The zero-order chi connectivity index (χ0) is 33.0. The third-order valence-electron chi connectivity index (χ3n) is 11.8. The molecule has 1 heterocycles. The first-order chi connectivity index (χ1) is 24.7. The molecule has 0 amide bonds. The monoisotopic (exact) mass is 636 g/mol. The van der Waals surface area contributed by atoms with Crippen molar-refractivity contribution in [3.05, 3.63) is 215 Å². The smallest absolute Gasteiger partial charge is 0.132 e. The van der Waals surface area contributed by atoms with E-state index in [4.69, 9.17) is 4.74 Å². The number of benzene rings is 8. The van der Waals surface area contributed by atoms with Gasteiger partial charge < -0.3 is 4.74 Å². The van der Waals surface area contributed by atoms with Crippen LogP contribution in [0.25, 0.3) is 44.2 Å². The number of rotatable bonds is 2. The van der Waals surface area contributed by atoms with Gasteiger partial charge in [-0.3, -0.25) is 0 Å². The zero-order valence-electron chi connectivity index (χ0n) is 27.7. The Morgan fingerprint density at radius 2 is 0.960 bits per heavy atom. The van der Waals surface area contributed by atoms with Crippen LogP contribution in [0.2, 0.25) is 0 Å². The lowest BCUT2D eigenvalue weighted by atomic mass is 9.61. The summed E-state index contributed by atoms with van der Waals surface area (Å²) in [5, 5.41) is 2.64. The van der Waals surface area contributed by atoms with Gasteiger partial charge in [0, 0.05) is 11.1 Å². The molecule has 1 nitrogen and oxygen atoms in total. The molecule has 0 saturated heterocycles. The van der Waals surface area contributed by atoms with E-state index in [0.29, 0.717) is 0 Å². The largest absolute Gasteiger partial charge is 0.457 e. The first-order valence-electron chi connectivity index (χ1n) is 17.5. The molecule has 0 N–H and O–H groups in total. The van der Waals surface area contributed by atoms with Crippen LogP contribution in [-0.2, 0) is 10.8 Å². The van der Waals surface area contributed by atoms with Crippen molar-refractivity contribution in [2.24, 2.45) is 0 Å². The van der Waals surface area contributed by atoms with E-state index in [2.05, 4.69) is 183 Å². The van der Waals surface area contributed by atoms with Gasteiger partial charge >= 0.3 is 0 Å². The van der Waals surface area contributed by atoms with E-state index in [1.165, 1.54) is 83.1 Å². The first kappa shape index (κ1) is 27.7. The molecule has 234 valence electrons. The molecule has 0 bridgehead atoms. The van der Waals surface area contributed by atoms with Gasteiger partial charge in [-0.2, -0.15) is 0 Å². The lowest BCUT2D eigenvalue weighted by molar-refractivity contribution is 0.428. The van der Waals surface area contributed by atoms with Crippen molar-refractivity contribution in [3.8, 4) is 44.9 Å². The topological polar surface area (TPSA) is 9.23 Å². The molecule has 1 heteroatoms. The Hall–Kier alpha value is -6.18. The van der Waals surface area contributed by atoms with Crippen molar-refractivity contribution < 1.29 is 4.74 Å². The Morgan fingerprint density at radius 1 is 0.400 bits per heavy atom. The van der Waals surface area contributed by atoms with Gasteiger partial charge in [0.15, 0.2) is 0 Å². The van der Waals surface area contributed by atoms with Crippen LogP contribution in [0.5, 0.6) is 11.5 Å². The Morgan fingerprint density at radius 3 is 1.76 bits per heavy atom. The normalized spacial score (nSPS) is 18.8. The van der Waals surface area contributed by atoms with Gasteiger partial charge in [0.1, 0.15) is 11.5 Å². The van der Waals surface area contributed by atoms with Crippen LogP contribution >= 0.6 is 0 Å². The van der Waals surface area contributed by atoms with E-state index < -0.39 is 10.8 Å². The number of hydrogen-bond acceptors (Lipinski definition) is 1. The SMILES string of the molecule is CC1(c2ccccc2)c2ccccc2Oc2cccc(-c3ccc4c(c3)-c3ccccc3C43c4ccccc4-c4cccc5cccc3c45)c21. The molecular formula is C49H32O. The van der Waals surface area contributed by atoms with Crippen LogP contribution in [0, 0.1) is 0 Å². The highest BCUT2D eigenvalue weighted by Crippen LogP contribution is 2.62. The summed E-state index contributed by atoms with van der Waals surface area (Å²) < 4.78 is 6.70. The quantitative estimate of drug-likeness (QED) is 0.183. The fourth-order valence-corrected chi connectivity index (χ4v) is 9.77. The van der Waals surface area contributed by atoms with E-state index in [0.717, 1.165) is 11.5 Å². The van der Waals surface area contributed by atoms with E-state index in [9.17, 15) is 0 Å². The number of para-hydroxylation sites is 1. The first-order valence-corrected chi connectivity index (χ1v) is 17.5. The van der Waals surface area contributed by atoms with E-state index in [-0.39, 0.29) is 0 Å². The molecule has 2 aliphatic carbocycles. The summed E-state index contributed by atoms with van der Waals surface area (Å²) in [7, 11) is 0. The molecule has 11 rings (SSSR count). The molecule has 8 aromatic carbocycles. The maximum Gasteiger partial charge on any atom is 0.132 e. The van der Waals surface area contributed by atoms with Gasteiger partial charge in [0.05, 0.1) is 10.8 Å². The molecule has 1 spiro atoms. The summed E-state index contributed by atoms with van der Waals surface area (Å²) in [6, 6.07) is 65.0. The van der Waals surface area contributed by atoms with Crippen LogP contribution in [0.15, 0.2) is 176 Å². The molecule has 2 atom stereocenters. The summed E-state index contributed by atoms with van der Waals surface area (Å²) in [6.07, 6.45) is 0. The molecule has 0 saturated carbocycles. The number of ether oxygens (including phenoxy) is 1. The maximum absolute atomic E-state index is 6.70. The Labute approximate surface area is 292 Å². The fraction of sp³-hybridized carbons (Fsp3) is 0.0612. The van der Waals surface area contributed by atoms with Crippen molar-refractivity contribution in [2.45, 2.75) is 17.8 Å². The van der Waals surface area contributed by atoms with E-state index in [1.807, 2.05) is 0 Å². The van der Waals surface area contributed by atoms with Gasteiger partial charge in [-0.25, -0.2) is 0 Å². The summed E-state index contributed by atoms with van der Waals surface area (Å²) >= 11 is 0. The lowest BCUT2D eigenvalue weighted by Crippen LogP contribution is -2.31. The van der Waals surface area contributed by atoms with Crippen LogP contribution in [0.3, 0.4) is 0 Å². The molecule has 50 heavy (non-hydrogen) atoms. The lowest BCUT2D eigenvalue weighted by Gasteiger charge is -2.40. The molecule has 8 aromatic rings. The highest BCUT2D eigenvalue weighted by molar-refractivity contribution is 6.07. The average molecular weight is 637 g/mol. The van der Waals surface area contributed by atoms with Crippen LogP contribution in [-0.4, -0.2) is 0 Å². The predicted octanol–water partition coefficient (Wildman–Crippen LogP) is 12.3. The van der Waals surface area contributed by atoms with Crippen molar-refractivity contribution in [1.82, 2.24) is 0 Å². The van der Waals surface area contributed by atoms with Gasteiger partial charge in [-0.1, -0.05) is 158 Å². The minimum atomic E-state index is -0.425. The highest BCUT2D eigenvalue weighted by Gasteiger charge is 2.50. The molecule has 0 aromatic heterocycles. The Kier molecular flexibility index (Phi) is 5.51. The van der Waals surface area contributed by atoms with E-state index in [1.54, 1.807) is 0 Å². The number of fused-ring (bicyclic) bond motifs is 11. The standard InChI is InChI=1S/C49H32O/c1-48(33-16-3-2-4-17-33)42-24-9-10-26-44(42)50-45-27-13-20-34(47(45)48)32-28-29-41-38(30-32)36-19-6-8-23-40(36)49(41)39-22-7-5-18-35(39)37-21-11-14-31-15-12-25-43(49)46(31)37/h2-30H,1H3. The van der Waals surface area contributed by atoms with Gasteiger partial charge in [0.25, 0.3) is 0 Å². The van der Waals surface area contributed by atoms with Crippen LogP contribution < -0.4 is 4.74 Å². The molecule has 3 aliphatic rings. The fourth-order valence-electron chi connectivity index (χ4n) is 9.77. The second-order valence-corrected chi connectivity index (χ2v) is 14.1. The van der Waals surface area contributed by atoms with Gasteiger partial charge in [-0.15, -0.1) is 0 Å². The van der Waals surface area contributed by atoms with E-state index >= 15 is 0 Å². The second kappa shape index (κ2) is 9.94. The molecule has 1 aliphatic heterocycles. The van der Waals surface area contributed by atoms with Crippen molar-refractivity contribution in [3.63, 3.8) is 0 Å². The molecular weight excluding hydrogens is 605 g/mol. The maximum atomic E-state index is 6.70. The third kappa shape index (κ3) is 3.37. The molecule has 0 radical (unpaired) electrons. The van der Waals surface area contributed by atoms with Crippen molar-refractivity contribution in [2.75, 3.05) is 0 Å². The van der Waals surface area contributed by atoms with Crippen molar-refractivity contribution >= 4 is 10.8 Å². The van der Waals surface area contributed by atoms with Crippen LogP contribution in [0.1, 0.15) is 45.9 Å². The average Bonchev–Trinajstić information content (AvgIpc) is 3.47. The molecule has 2 unspecified atom stereocenters. The summed E-state index contributed by atoms with van der Waals surface area (Å²) in [6.45, 7) is 2.36. The summed E-state index contributed by atoms with van der Waals surface area (Å²) in [4.78, 5) is 0. The minimum Gasteiger partial charge on any atom is -0.457 e. The summed E-state index contributed by atoms with van der Waals surface area (Å²) in [5.41, 5.74) is 15.8. The van der Waals surface area contributed by atoms with Gasteiger partial charge in [0.2, 0.25) is 0 Å². The predicted molar refractivity (Wildman–Crippen MR) is 204 cm³/mol.